The van der Waals surface area contributed by atoms with Gasteiger partial charge in [0.25, 0.3) is 5.91 Å². The first kappa shape index (κ1) is 23.6. The summed E-state index contributed by atoms with van der Waals surface area (Å²) in [6.45, 7) is 3.44. The lowest BCUT2D eigenvalue weighted by atomic mass is 9.99. The second-order valence-electron chi connectivity index (χ2n) is 6.43. The third-order valence-electron chi connectivity index (χ3n) is 3.92. The molecule has 1 aliphatic rings. The Morgan fingerprint density at radius 3 is 2.52 bits per heavy atom. The summed E-state index contributed by atoms with van der Waals surface area (Å²) in [5.41, 5.74) is 2.83. The molecule has 0 radical (unpaired) electrons. The Bertz CT molecular complexity index is 1090. The first-order valence-corrected chi connectivity index (χ1v) is 8.74. The largest absolute Gasteiger partial charge is 0.490 e. The van der Waals surface area contributed by atoms with Crippen LogP contribution in [-0.4, -0.2) is 44.3 Å². The molecule has 1 amide bonds. The molecular weight excluding hydrogens is 422 g/mol. The van der Waals surface area contributed by atoms with Gasteiger partial charge in [-0.25, -0.2) is 14.2 Å². The topological polar surface area (TPSA) is 115 Å². The number of benzene rings is 1. The molecule has 0 spiro atoms. The Hall–Kier alpha value is -3.65. The van der Waals surface area contributed by atoms with Crippen molar-refractivity contribution >= 4 is 29.2 Å². The number of fused-ring (bicyclic) bond motifs is 1. The Labute approximate surface area is 173 Å². The lowest BCUT2D eigenvalue weighted by Gasteiger charge is -2.04. The maximum atomic E-state index is 14.3. The van der Waals surface area contributed by atoms with E-state index in [-0.39, 0.29) is 17.9 Å². The van der Waals surface area contributed by atoms with Crippen LogP contribution >= 0.6 is 0 Å². The van der Waals surface area contributed by atoms with Crippen molar-refractivity contribution in [2.75, 3.05) is 5.32 Å². The molecule has 164 valence electrons. The van der Waals surface area contributed by atoms with Crippen molar-refractivity contribution in [1.82, 2.24) is 9.97 Å². The van der Waals surface area contributed by atoms with Gasteiger partial charge in [0.1, 0.15) is 5.82 Å². The number of halogens is 4. The zero-order valence-electron chi connectivity index (χ0n) is 16.3. The van der Waals surface area contributed by atoms with E-state index in [0.29, 0.717) is 22.5 Å². The van der Waals surface area contributed by atoms with E-state index < -0.39 is 24.1 Å². The minimum absolute atomic E-state index is 0.144. The molecule has 0 aliphatic carbocycles. The van der Waals surface area contributed by atoms with Gasteiger partial charge in [-0.3, -0.25) is 4.79 Å². The number of carbonyl (C=O) groups is 2. The second kappa shape index (κ2) is 9.44. The number of amides is 1. The fourth-order valence-corrected chi connectivity index (χ4v) is 2.46. The number of imidazole rings is 1. The summed E-state index contributed by atoms with van der Waals surface area (Å²) in [7, 11) is 0. The van der Waals surface area contributed by atoms with E-state index in [2.05, 4.69) is 27.1 Å². The molecule has 4 N–H and O–H groups in total. The third-order valence-corrected chi connectivity index (χ3v) is 3.92. The lowest BCUT2D eigenvalue weighted by molar-refractivity contribution is -0.192. The fraction of sp³-hybridized carbons (Fsp3) is 0.250. The Kier molecular flexibility index (Phi) is 7.20. The Balaban J connectivity index is 0.000000423. The number of aliphatic carboxylic acids is 1. The number of nitrogens with zero attached hydrogens (tertiary/aromatic N) is 1. The zero-order valence-corrected chi connectivity index (χ0v) is 16.3. The van der Waals surface area contributed by atoms with Crippen LogP contribution in [-0.2, 0) is 9.59 Å². The summed E-state index contributed by atoms with van der Waals surface area (Å²) >= 11 is 0. The summed E-state index contributed by atoms with van der Waals surface area (Å²) in [5.74, 6) is 1.91. The van der Waals surface area contributed by atoms with Crippen molar-refractivity contribution in [1.29, 1.82) is 0 Å². The maximum absolute atomic E-state index is 14.3. The number of carboxylic acids is 1. The number of aromatic amines is 1. The van der Waals surface area contributed by atoms with Gasteiger partial charge in [0.15, 0.2) is 0 Å². The first-order chi connectivity index (χ1) is 14.4. The molecule has 0 fully saturated rings. The second-order valence-corrected chi connectivity index (χ2v) is 6.43. The van der Waals surface area contributed by atoms with Crippen LogP contribution in [0.4, 0.5) is 23.2 Å². The standard InChI is InChI=1S/C18H16FN3O2.C2HF3O2/c1-10(23)4-3-5-12-14(19)6-7-15-17(12)13(18(24)22-15)8-16-11(2)20-9-21-16;3-2(4,5)1(6)7/h6-10,23H,4H2,1-2H3,(H,20,21)(H,22,24);(H,6,7). The number of aromatic nitrogens is 2. The highest BCUT2D eigenvalue weighted by molar-refractivity contribution is 6.35. The van der Waals surface area contributed by atoms with E-state index in [1.54, 1.807) is 13.0 Å². The number of hydrogen-bond acceptors (Lipinski definition) is 4. The van der Waals surface area contributed by atoms with Crippen LogP contribution in [0.1, 0.15) is 35.9 Å². The van der Waals surface area contributed by atoms with Crippen LogP contribution in [0.3, 0.4) is 0 Å². The summed E-state index contributed by atoms with van der Waals surface area (Å²) in [5, 5.41) is 19.1. The molecule has 1 aliphatic heterocycles. The number of anilines is 1. The van der Waals surface area contributed by atoms with Gasteiger partial charge >= 0.3 is 12.1 Å². The number of carbonyl (C=O) groups excluding carboxylic acids is 1. The molecule has 0 saturated carbocycles. The van der Waals surface area contributed by atoms with Crippen molar-refractivity contribution in [2.45, 2.75) is 32.5 Å². The normalized spacial score (nSPS) is 14.7. The monoisotopic (exact) mass is 439 g/mol. The average Bonchev–Trinajstić information content (AvgIpc) is 3.20. The predicted octanol–water partition coefficient (Wildman–Crippen LogP) is 3.11. The molecule has 11 heteroatoms. The van der Waals surface area contributed by atoms with Crippen molar-refractivity contribution < 1.29 is 37.4 Å². The van der Waals surface area contributed by atoms with Gasteiger partial charge in [-0.05, 0) is 32.1 Å². The van der Waals surface area contributed by atoms with E-state index in [1.165, 1.54) is 18.5 Å². The Morgan fingerprint density at radius 2 is 2.00 bits per heavy atom. The maximum Gasteiger partial charge on any atom is 0.490 e. The highest BCUT2D eigenvalue weighted by atomic mass is 19.4. The van der Waals surface area contributed by atoms with Crippen molar-refractivity contribution in [3.63, 3.8) is 0 Å². The number of aliphatic hydroxyl groups excluding tert-OH is 1. The van der Waals surface area contributed by atoms with Crippen molar-refractivity contribution in [3.8, 4) is 11.8 Å². The lowest BCUT2D eigenvalue weighted by Crippen LogP contribution is -2.21. The molecule has 0 saturated heterocycles. The number of H-pyrrole nitrogens is 1. The number of hydrogen-bond donors (Lipinski definition) is 4. The minimum Gasteiger partial charge on any atom is -0.475 e. The van der Waals surface area contributed by atoms with Crippen LogP contribution < -0.4 is 5.32 Å². The van der Waals surface area contributed by atoms with Crippen molar-refractivity contribution in [3.05, 3.63) is 46.8 Å². The van der Waals surface area contributed by atoms with Gasteiger partial charge in [-0.1, -0.05) is 11.8 Å². The first-order valence-electron chi connectivity index (χ1n) is 8.74. The van der Waals surface area contributed by atoms with Gasteiger partial charge in [0.05, 0.1) is 34.9 Å². The highest BCUT2D eigenvalue weighted by Gasteiger charge is 2.38. The fourth-order valence-electron chi connectivity index (χ4n) is 2.46. The van der Waals surface area contributed by atoms with Gasteiger partial charge < -0.3 is 20.5 Å². The molecule has 1 unspecified atom stereocenters. The molecular formula is C20H17F4N3O4. The molecule has 3 rings (SSSR count). The zero-order chi connectivity index (χ0) is 23.3. The van der Waals surface area contributed by atoms with Crippen LogP contribution in [0.15, 0.2) is 18.5 Å². The summed E-state index contributed by atoms with van der Waals surface area (Å²) in [4.78, 5) is 28.3. The van der Waals surface area contributed by atoms with Gasteiger partial charge in [0, 0.05) is 17.7 Å². The van der Waals surface area contributed by atoms with E-state index in [0.717, 1.165) is 5.69 Å². The summed E-state index contributed by atoms with van der Waals surface area (Å²) in [6.07, 6.45) is -2.31. The van der Waals surface area contributed by atoms with Crippen LogP contribution in [0.25, 0.3) is 11.6 Å². The average molecular weight is 439 g/mol. The van der Waals surface area contributed by atoms with Crippen LogP contribution in [0, 0.1) is 24.6 Å². The van der Waals surface area contributed by atoms with Crippen molar-refractivity contribution in [2.24, 2.45) is 0 Å². The van der Waals surface area contributed by atoms with E-state index in [1.807, 2.05) is 6.92 Å². The van der Waals surface area contributed by atoms with E-state index in [4.69, 9.17) is 9.90 Å². The number of alkyl halides is 3. The molecule has 2 heterocycles. The van der Waals surface area contributed by atoms with Gasteiger partial charge in [-0.2, -0.15) is 13.2 Å². The number of aliphatic hydroxyl groups is 1. The molecule has 7 nitrogen and oxygen atoms in total. The number of rotatable bonds is 2. The van der Waals surface area contributed by atoms with E-state index in [9.17, 15) is 27.5 Å². The molecule has 0 bridgehead atoms. The van der Waals surface area contributed by atoms with Crippen LogP contribution in [0.2, 0.25) is 0 Å². The SMILES string of the molecule is Cc1[nH]cnc1C=C1C(=O)Nc2ccc(F)c(C#CCC(C)O)c21.O=C(O)C(F)(F)F. The molecule has 1 atom stereocenters. The van der Waals surface area contributed by atoms with E-state index >= 15 is 0 Å². The number of nitrogens with one attached hydrogen (secondary N) is 2. The molecule has 31 heavy (non-hydrogen) atoms. The number of carboxylic acid groups (broad SMARTS) is 1. The van der Waals surface area contributed by atoms with Crippen LogP contribution in [0.5, 0.6) is 0 Å². The molecule has 1 aromatic heterocycles. The van der Waals surface area contributed by atoms with Gasteiger partial charge in [-0.15, -0.1) is 0 Å². The third kappa shape index (κ3) is 5.93. The quantitative estimate of drug-likeness (QED) is 0.326. The molecule has 2 aromatic rings. The summed E-state index contributed by atoms with van der Waals surface area (Å²) < 4.78 is 46.0. The summed E-state index contributed by atoms with van der Waals surface area (Å²) in [6, 6.07) is 2.79. The highest BCUT2D eigenvalue weighted by Crippen LogP contribution is 2.36. The predicted molar refractivity (Wildman–Crippen MR) is 103 cm³/mol. The smallest absolute Gasteiger partial charge is 0.475 e. The van der Waals surface area contributed by atoms with Gasteiger partial charge in [0.2, 0.25) is 0 Å². The molecule has 1 aromatic carbocycles. The number of aryl methyl sites for hydroxylation is 1. The Morgan fingerprint density at radius 1 is 1.35 bits per heavy atom. The minimum atomic E-state index is -5.08.